The van der Waals surface area contributed by atoms with Crippen LogP contribution >= 0.6 is 0 Å². The first-order valence-corrected chi connectivity index (χ1v) is 7.15. The van der Waals surface area contributed by atoms with Crippen LogP contribution in [0.3, 0.4) is 0 Å². The maximum Gasteiger partial charge on any atom is 0.248 e. The molecule has 1 saturated heterocycles. The monoisotopic (exact) mass is 262 g/mol. The van der Waals surface area contributed by atoms with E-state index in [1.54, 1.807) is 6.07 Å². The van der Waals surface area contributed by atoms with Crippen LogP contribution in [0.2, 0.25) is 0 Å². The number of carbonyl (C=O) groups excluding carboxylic acids is 1. The summed E-state index contributed by atoms with van der Waals surface area (Å²) in [5.74, 6) is 0.205. The van der Waals surface area contributed by atoms with Crippen LogP contribution in [0.25, 0.3) is 0 Å². The zero-order valence-corrected chi connectivity index (χ0v) is 12.5. The van der Waals surface area contributed by atoms with Gasteiger partial charge in [-0.15, -0.1) is 0 Å². The topological polar surface area (TPSA) is 55.1 Å². The van der Waals surface area contributed by atoms with Gasteiger partial charge in [-0.25, -0.2) is 0 Å². The molecule has 1 aliphatic rings. The molecule has 106 valence electrons. The first-order chi connectivity index (χ1) is 9.04. The van der Waals surface area contributed by atoms with E-state index in [9.17, 15) is 4.79 Å². The molecule has 1 aromatic rings. The predicted molar refractivity (Wildman–Crippen MR) is 80.3 cm³/mol. The molecule has 1 aromatic carbocycles. The fraction of sp³-hybridized carbons (Fsp3) is 0.562. The molecule has 1 unspecified atom stereocenters. The van der Waals surface area contributed by atoms with Crippen molar-refractivity contribution in [2.75, 3.05) is 13.1 Å². The molecule has 0 aromatic heterocycles. The molecule has 1 aliphatic heterocycles. The number of nitrogens with one attached hydrogen (secondary N) is 1. The Morgan fingerprint density at radius 2 is 2.11 bits per heavy atom. The SMILES string of the molecule is CC.CC1CNCC[C@@]1(C)c1cccc(C(N)=O)c1. The third-order valence-electron chi connectivity index (χ3n) is 4.17. The zero-order chi connectivity index (χ0) is 14.5. The van der Waals surface area contributed by atoms with Gasteiger partial charge in [-0.1, -0.05) is 39.8 Å². The number of benzene rings is 1. The molecule has 2 rings (SSSR count). The molecule has 0 radical (unpaired) electrons. The minimum absolute atomic E-state index is 0.136. The smallest absolute Gasteiger partial charge is 0.248 e. The van der Waals surface area contributed by atoms with Crippen LogP contribution in [-0.4, -0.2) is 19.0 Å². The van der Waals surface area contributed by atoms with Crippen molar-refractivity contribution in [2.45, 2.75) is 39.5 Å². The Hall–Kier alpha value is -1.35. The maximum atomic E-state index is 11.2. The quantitative estimate of drug-likeness (QED) is 0.861. The van der Waals surface area contributed by atoms with Gasteiger partial charge in [0, 0.05) is 5.56 Å². The molecule has 1 fully saturated rings. The van der Waals surface area contributed by atoms with Crippen molar-refractivity contribution in [1.29, 1.82) is 0 Å². The summed E-state index contributed by atoms with van der Waals surface area (Å²) in [6.45, 7) is 10.6. The lowest BCUT2D eigenvalue weighted by molar-refractivity contribution is 0.1000. The number of primary amides is 1. The highest BCUT2D eigenvalue weighted by molar-refractivity contribution is 5.92. The average molecular weight is 262 g/mol. The van der Waals surface area contributed by atoms with Gasteiger partial charge in [0.1, 0.15) is 0 Å². The molecule has 3 N–H and O–H groups in total. The number of hydrogen-bond acceptors (Lipinski definition) is 2. The Labute approximate surface area is 116 Å². The molecular weight excluding hydrogens is 236 g/mol. The van der Waals surface area contributed by atoms with Crippen molar-refractivity contribution in [1.82, 2.24) is 5.32 Å². The summed E-state index contributed by atoms with van der Waals surface area (Å²) in [7, 11) is 0. The van der Waals surface area contributed by atoms with Gasteiger partial charge in [0.05, 0.1) is 0 Å². The Bertz CT molecular complexity index is 431. The van der Waals surface area contributed by atoms with Gasteiger partial charge in [-0.3, -0.25) is 4.79 Å². The van der Waals surface area contributed by atoms with Crippen molar-refractivity contribution in [3.63, 3.8) is 0 Å². The lowest BCUT2D eigenvalue weighted by Gasteiger charge is -2.40. The van der Waals surface area contributed by atoms with Crippen molar-refractivity contribution in [3.8, 4) is 0 Å². The van der Waals surface area contributed by atoms with Crippen LogP contribution in [0.15, 0.2) is 24.3 Å². The number of nitrogens with two attached hydrogens (primary N) is 1. The molecule has 2 atom stereocenters. The van der Waals surface area contributed by atoms with Gasteiger partial charge in [-0.05, 0) is 48.5 Å². The van der Waals surface area contributed by atoms with E-state index in [1.165, 1.54) is 5.56 Å². The second kappa shape index (κ2) is 6.71. The summed E-state index contributed by atoms with van der Waals surface area (Å²) in [5, 5.41) is 3.41. The van der Waals surface area contributed by atoms with Crippen LogP contribution in [0.4, 0.5) is 0 Å². The first-order valence-electron chi connectivity index (χ1n) is 7.15. The Balaban J connectivity index is 0.000000861. The largest absolute Gasteiger partial charge is 0.366 e. The van der Waals surface area contributed by atoms with Gasteiger partial charge in [0.15, 0.2) is 0 Å². The van der Waals surface area contributed by atoms with Crippen molar-refractivity contribution in [3.05, 3.63) is 35.4 Å². The van der Waals surface area contributed by atoms with E-state index < -0.39 is 0 Å². The van der Waals surface area contributed by atoms with Gasteiger partial charge >= 0.3 is 0 Å². The minimum Gasteiger partial charge on any atom is -0.366 e. The Morgan fingerprint density at radius 1 is 1.42 bits per heavy atom. The van der Waals surface area contributed by atoms with Gasteiger partial charge in [-0.2, -0.15) is 0 Å². The number of amides is 1. The summed E-state index contributed by atoms with van der Waals surface area (Å²) in [6.07, 6.45) is 1.09. The standard InChI is InChI=1S/C14H20N2O.C2H6/c1-10-9-16-7-6-14(10,2)12-5-3-4-11(8-12)13(15)17;1-2/h3-5,8,10,16H,6-7,9H2,1-2H3,(H2,15,17);1-2H3/t10?,14-;/m1./s1. The third-order valence-corrected chi connectivity index (χ3v) is 4.17. The van der Waals surface area contributed by atoms with E-state index in [4.69, 9.17) is 5.73 Å². The summed E-state index contributed by atoms with van der Waals surface area (Å²) >= 11 is 0. The van der Waals surface area contributed by atoms with E-state index >= 15 is 0 Å². The zero-order valence-electron chi connectivity index (χ0n) is 12.5. The summed E-state index contributed by atoms with van der Waals surface area (Å²) < 4.78 is 0. The van der Waals surface area contributed by atoms with Crippen molar-refractivity contribution < 1.29 is 4.79 Å². The van der Waals surface area contributed by atoms with E-state index in [0.717, 1.165) is 19.5 Å². The van der Waals surface area contributed by atoms with E-state index in [1.807, 2.05) is 26.0 Å². The molecule has 1 amide bonds. The average Bonchev–Trinajstić information content (AvgIpc) is 2.44. The Morgan fingerprint density at radius 3 is 2.68 bits per heavy atom. The van der Waals surface area contributed by atoms with Crippen molar-refractivity contribution >= 4 is 5.91 Å². The Kier molecular flexibility index (Phi) is 5.55. The van der Waals surface area contributed by atoms with Crippen LogP contribution in [-0.2, 0) is 5.41 Å². The highest BCUT2D eigenvalue weighted by Gasteiger charge is 2.35. The second-order valence-corrected chi connectivity index (χ2v) is 5.22. The molecule has 3 heteroatoms. The van der Waals surface area contributed by atoms with Gasteiger partial charge < -0.3 is 11.1 Å². The van der Waals surface area contributed by atoms with Crippen molar-refractivity contribution in [2.24, 2.45) is 11.7 Å². The summed E-state index contributed by atoms with van der Waals surface area (Å²) in [4.78, 5) is 11.2. The van der Waals surface area contributed by atoms with E-state index in [2.05, 4.69) is 25.2 Å². The molecule has 0 bridgehead atoms. The molecule has 19 heavy (non-hydrogen) atoms. The van der Waals surface area contributed by atoms with Gasteiger partial charge in [0.25, 0.3) is 0 Å². The number of carbonyl (C=O) groups is 1. The van der Waals surface area contributed by atoms with Crippen LogP contribution < -0.4 is 11.1 Å². The normalized spacial score (nSPS) is 26.2. The van der Waals surface area contributed by atoms with Crippen LogP contribution in [0.5, 0.6) is 0 Å². The molecule has 3 nitrogen and oxygen atoms in total. The fourth-order valence-electron chi connectivity index (χ4n) is 2.59. The first kappa shape index (κ1) is 15.7. The van der Waals surface area contributed by atoms with Crippen LogP contribution in [0.1, 0.15) is 50.0 Å². The lowest BCUT2D eigenvalue weighted by Crippen LogP contribution is -2.45. The highest BCUT2D eigenvalue weighted by atomic mass is 16.1. The summed E-state index contributed by atoms with van der Waals surface area (Å²) in [5.41, 5.74) is 7.31. The lowest BCUT2D eigenvalue weighted by atomic mass is 9.68. The third kappa shape index (κ3) is 3.35. The fourth-order valence-corrected chi connectivity index (χ4v) is 2.59. The van der Waals surface area contributed by atoms with E-state index in [0.29, 0.717) is 11.5 Å². The number of rotatable bonds is 2. The van der Waals surface area contributed by atoms with Gasteiger partial charge in [0.2, 0.25) is 5.91 Å². The number of piperidine rings is 1. The van der Waals surface area contributed by atoms with Crippen LogP contribution in [0, 0.1) is 5.92 Å². The molecule has 0 saturated carbocycles. The maximum absolute atomic E-state index is 11.2. The molecule has 0 aliphatic carbocycles. The molecular formula is C16H26N2O. The second-order valence-electron chi connectivity index (χ2n) is 5.22. The summed E-state index contributed by atoms with van der Waals surface area (Å²) in [6, 6.07) is 7.76. The number of hydrogen-bond donors (Lipinski definition) is 2. The molecule has 0 spiro atoms. The molecule has 1 heterocycles. The predicted octanol–water partition coefficient (Wildman–Crippen LogP) is 2.70. The highest BCUT2D eigenvalue weighted by Crippen LogP contribution is 2.37. The van der Waals surface area contributed by atoms with E-state index in [-0.39, 0.29) is 11.3 Å². The minimum atomic E-state index is -0.350.